The summed E-state index contributed by atoms with van der Waals surface area (Å²) in [6, 6.07) is 16.6. The zero-order valence-electron chi connectivity index (χ0n) is 13.9. The number of rotatable bonds is 3. The van der Waals surface area contributed by atoms with Crippen molar-refractivity contribution < 1.29 is 4.92 Å². The Hall–Kier alpha value is -2.95. The minimum absolute atomic E-state index is 0.0676. The summed E-state index contributed by atoms with van der Waals surface area (Å²) in [4.78, 5) is 15.4. The van der Waals surface area contributed by atoms with E-state index < -0.39 is 0 Å². The molecule has 3 aromatic rings. The summed E-state index contributed by atoms with van der Waals surface area (Å²) in [5, 5.41) is 15.3. The summed E-state index contributed by atoms with van der Waals surface area (Å²) in [5.41, 5.74) is 2.60. The van der Waals surface area contributed by atoms with E-state index in [9.17, 15) is 10.1 Å². The van der Waals surface area contributed by atoms with Crippen molar-refractivity contribution in [3.05, 3.63) is 64.7 Å². The first-order valence-corrected chi connectivity index (χ1v) is 7.76. The lowest BCUT2D eigenvalue weighted by Gasteiger charge is -2.22. The zero-order valence-corrected chi connectivity index (χ0v) is 13.9. The maximum atomic E-state index is 11.1. The van der Waals surface area contributed by atoms with Gasteiger partial charge in [-0.3, -0.25) is 10.1 Å². The summed E-state index contributed by atoms with van der Waals surface area (Å²) in [6.45, 7) is 6.20. The smallest absolute Gasteiger partial charge is 0.270 e. The van der Waals surface area contributed by atoms with E-state index >= 15 is 0 Å². The van der Waals surface area contributed by atoms with E-state index in [0.717, 1.165) is 27.8 Å². The summed E-state index contributed by atoms with van der Waals surface area (Å²) in [7, 11) is 0. The molecule has 24 heavy (non-hydrogen) atoms. The molecule has 0 aliphatic heterocycles. The first-order chi connectivity index (χ1) is 11.3. The van der Waals surface area contributed by atoms with Gasteiger partial charge >= 0.3 is 0 Å². The van der Waals surface area contributed by atoms with Crippen molar-refractivity contribution in [3.8, 4) is 11.1 Å². The van der Waals surface area contributed by atoms with E-state index in [1.807, 2.05) is 36.4 Å². The van der Waals surface area contributed by atoms with Crippen LogP contribution in [0.3, 0.4) is 0 Å². The Morgan fingerprint density at radius 1 is 1.04 bits per heavy atom. The minimum Gasteiger partial charge on any atom is -0.365 e. The van der Waals surface area contributed by atoms with E-state index in [4.69, 9.17) is 0 Å². The quantitative estimate of drug-likeness (QED) is 0.543. The van der Waals surface area contributed by atoms with Gasteiger partial charge in [0.1, 0.15) is 5.82 Å². The lowest BCUT2D eigenvalue weighted by atomic mass is 10.00. The number of nitrogens with one attached hydrogen (secondary N) is 1. The van der Waals surface area contributed by atoms with Gasteiger partial charge in [-0.1, -0.05) is 30.3 Å². The maximum Gasteiger partial charge on any atom is 0.270 e. The summed E-state index contributed by atoms with van der Waals surface area (Å²) in [6.07, 6.45) is 0. The molecule has 122 valence electrons. The van der Waals surface area contributed by atoms with Crippen LogP contribution in [-0.2, 0) is 0 Å². The molecule has 0 amide bonds. The minimum atomic E-state index is -0.379. The molecule has 3 rings (SSSR count). The fraction of sp³-hybridized carbons (Fsp3) is 0.211. The van der Waals surface area contributed by atoms with Crippen LogP contribution in [0.1, 0.15) is 20.8 Å². The van der Waals surface area contributed by atoms with Gasteiger partial charge in [-0.2, -0.15) is 0 Å². The monoisotopic (exact) mass is 321 g/mol. The van der Waals surface area contributed by atoms with Gasteiger partial charge in [0.2, 0.25) is 0 Å². The van der Waals surface area contributed by atoms with Gasteiger partial charge < -0.3 is 5.32 Å². The van der Waals surface area contributed by atoms with Gasteiger partial charge in [-0.05, 0) is 44.0 Å². The summed E-state index contributed by atoms with van der Waals surface area (Å²) < 4.78 is 0. The zero-order chi connectivity index (χ0) is 17.3. The van der Waals surface area contributed by atoms with Gasteiger partial charge in [-0.15, -0.1) is 0 Å². The van der Waals surface area contributed by atoms with E-state index in [-0.39, 0.29) is 16.1 Å². The predicted octanol–water partition coefficient (Wildman–Crippen LogP) is 5.02. The molecule has 0 bridgehead atoms. The van der Waals surface area contributed by atoms with Gasteiger partial charge in [0.05, 0.1) is 10.4 Å². The number of anilines is 1. The molecule has 0 spiro atoms. The lowest BCUT2D eigenvalue weighted by Crippen LogP contribution is -2.26. The molecule has 0 saturated carbocycles. The Labute approximate surface area is 140 Å². The van der Waals surface area contributed by atoms with Crippen LogP contribution in [0.15, 0.2) is 54.6 Å². The second-order valence-electron chi connectivity index (χ2n) is 6.75. The number of aromatic nitrogens is 1. The maximum absolute atomic E-state index is 11.1. The SMILES string of the molecule is CC(C)(C)Nc1cc(-c2ccccc2)c2cc([N+](=O)[O-])ccc2n1. The van der Waals surface area contributed by atoms with Crippen LogP contribution in [0.4, 0.5) is 11.5 Å². The Morgan fingerprint density at radius 2 is 1.75 bits per heavy atom. The summed E-state index contributed by atoms with van der Waals surface area (Å²) in [5.74, 6) is 0.753. The highest BCUT2D eigenvalue weighted by Gasteiger charge is 2.15. The molecule has 5 heteroatoms. The summed E-state index contributed by atoms with van der Waals surface area (Å²) >= 11 is 0. The van der Waals surface area contributed by atoms with Crippen LogP contribution < -0.4 is 5.32 Å². The average molecular weight is 321 g/mol. The number of hydrogen-bond acceptors (Lipinski definition) is 4. The van der Waals surface area contributed by atoms with Crippen LogP contribution in [0.5, 0.6) is 0 Å². The number of pyridine rings is 1. The molecule has 0 unspecified atom stereocenters. The molecule has 1 aromatic heterocycles. The Bertz CT molecular complexity index is 900. The molecule has 0 atom stereocenters. The van der Waals surface area contributed by atoms with E-state index in [1.165, 1.54) is 6.07 Å². The molecule has 0 radical (unpaired) electrons. The van der Waals surface area contributed by atoms with E-state index in [0.29, 0.717) is 0 Å². The third-order valence-electron chi connectivity index (χ3n) is 3.59. The number of non-ortho nitro benzene ring substituents is 1. The Balaban J connectivity index is 2.26. The van der Waals surface area contributed by atoms with Crippen molar-refractivity contribution >= 4 is 22.4 Å². The van der Waals surface area contributed by atoms with E-state index in [2.05, 4.69) is 31.1 Å². The molecule has 0 aliphatic carbocycles. The highest BCUT2D eigenvalue weighted by atomic mass is 16.6. The predicted molar refractivity (Wildman–Crippen MR) is 97.2 cm³/mol. The molecule has 2 aromatic carbocycles. The number of fused-ring (bicyclic) bond motifs is 1. The van der Waals surface area contributed by atoms with Crippen LogP contribution in [0, 0.1) is 10.1 Å². The molecule has 1 N–H and O–H groups in total. The molecule has 1 heterocycles. The fourth-order valence-corrected chi connectivity index (χ4v) is 2.63. The number of benzene rings is 2. The second kappa shape index (κ2) is 5.92. The average Bonchev–Trinajstić information content (AvgIpc) is 2.53. The first-order valence-electron chi connectivity index (χ1n) is 7.76. The molecule has 0 fully saturated rings. The van der Waals surface area contributed by atoms with Crippen LogP contribution >= 0.6 is 0 Å². The highest BCUT2D eigenvalue weighted by molar-refractivity contribution is 5.97. The van der Waals surface area contributed by atoms with Crippen molar-refractivity contribution in [3.63, 3.8) is 0 Å². The van der Waals surface area contributed by atoms with Crippen LogP contribution in [0.2, 0.25) is 0 Å². The third kappa shape index (κ3) is 3.35. The van der Waals surface area contributed by atoms with Crippen molar-refractivity contribution in [2.24, 2.45) is 0 Å². The van der Waals surface area contributed by atoms with Crippen molar-refractivity contribution in [2.75, 3.05) is 5.32 Å². The van der Waals surface area contributed by atoms with Crippen molar-refractivity contribution in [1.29, 1.82) is 0 Å². The van der Waals surface area contributed by atoms with Crippen molar-refractivity contribution in [2.45, 2.75) is 26.3 Å². The normalized spacial score (nSPS) is 11.5. The molecule has 0 aliphatic rings. The number of nitrogens with zero attached hydrogens (tertiary/aromatic N) is 2. The third-order valence-corrected chi connectivity index (χ3v) is 3.59. The van der Waals surface area contributed by atoms with Gasteiger partial charge in [0.25, 0.3) is 5.69 Å². The lowest BCUT2D eigenvalue weighted by molar-refractivity contribution is -0.384. The van der Waals surface area contributed by atoms with Gasteiger partial charge in [0.15, 0.2) is 0 Å². The molecule has 5 nitrogen and oxygen atoms in total. The first kappa shape index (κ1) is 15.9. The van der Waals surface area contributed by atoms with Gasteiger partial charge in [0, 0.05) is 23.1 Å². The second-order valence-corrected chi connectivity index (χ2v) is 6.75. The number of nitro benzene ring substituents is 1. The Morgan fingerprint density at radius 3 is 2.38 bits per heavy atom. The van der Waals surface area contributed by atoms with Crippen LogP contribution in [-0.4, -0.2) is 15.4 Å². The standard InChI is InChI=1S/C19H19N3O2/c1-19(2,3)21-18-12-15(13-7-5-4-6-8-13)16-11-14(22(23)24)9-10-17(16)20-18/h4-12H,1-3H3,(H,20,21). The van der Waals surface area contributed by atoms with Crippen molar-refractivity contribution in [1.82, 2.24) is 4.98 Å². The number of nitro groups is 1. The highest BCUT2D eigenvalue weighted by Crippen LogP contribution is 2.33. The largest absolute Gasteiger partial charge is 0.365 e. The molecule has 0 saturated heterocycles. The molecular formula is C19H19N3O2. The van der Waals surface area contributed by atoms with Gasteiger partial charge in [-0.25, -0.2) is 4.98 Å². The number of hydrogen-bond donors (Lipinski definition) is 1. The molecular weight excluding hydrogens is 302 g/mol. The Kier molecular flexibility index (Phi) is 3.93. The van der Waals surface area contributed by atoms with E-state index in [1.54, 1.807) is 12.1 Å². The topological polar surface area (TPSA) is 68.1 Å². The van der Waals surface area contributed by atoms with Crippen LogP contribution in [0.25, 0.3) is 22.0 Å². The fourth-order valence-electron chi connectivity index (χ4n) is 2.63.